The summed E-state index contributed by atoms with van der Waals surface area (Å²) in [5.74, 6) is -0.185. The molecule has 1 aliphatic rings. The van der Waals surface area contributed by atoms with Gasteiger partial charge in [-0.3, -0.25) is 4.98 Å². The second-order valence-corrected chi connectivity index (χ2v) is 5.85. The number of rotatable bonds is 2. The first-order valence-corrected chi connectivity index (χ1v) is 7.70. The zero-order chi connectivity index (χ0) is 15.8. The second kappa shape index (κ2) is 5.52. The molecule has 5 nitrogen and oxygen atoms in total. The molecular weight excluding hydrogens is 290 g/mol. The first-order valence-electron chi connectivity index (χ1n) is 7.70. The Labute approximate surface area is 133 Å². The molecule has 0 fully saturated rings. The van der Waals surface area contributed by atoms with Gasteiger partial charge in [-0.15, -0.1) is 0 Å². The average molecular weight is 308 g/mol. The number of carbonyl (C=O) groups excluding carboxylic acids is 1. The molecule has 3 aromatic rings. The number of para-hydroxylation sites is 1. The molecule has 3 N–H and O–H groups in total. The summed E-state index contributed by atoms with van der Waals surface area (Å²) in [6.45, 7) is 0. The van der Waals surface area contributed by atoms with Crippen molar-refractivity contribution < 1.29 is 14.8 Å². The molecule has 4 rings (SSSR count). The summed E-state index contributed by atoms with van der Waals surface area (Å²) < 4.78 is 4.98. The normalized spacial score (nSPS) is 20.2. The van der Waals surface area contributed by atoms with E-state index in [9.17, 15) is 4.79 Å². The van der Waals surface area contributed by atoms with Crippen molar-refractivity contribution in [2.45, 2.75) is 18.5 Å². The molecule has 116 valence electrons. The molecule has 0 unspecified atom stereocenters. The maximum atomic E-state index is 12.1. The fourth-order valence-corrected chi connectivity index (χ4v) is 3.47. The van der Waals surface area contributed by atoms with E-state index >= 15 is 0 Å². The standard InChI is InChI=1S/C18H17N3O2/c1-23-18(22)15-9-13-12-6-2-3-7-14(12)20-17(13)16(21-15)11-5-4-8-19-10-11/h2-8,10,15-16,20-21H,9H2,1H3/p+1/t15-,16+/m0/s1. The van der Waals surface area contributed by atoms with E-state index in [0.717, 1.165) is 16.8 Å². The Morgan fingerprint density at radius 1 is 1.30 bits per heavy atom. The number of benzene rings is 1. The Morgan fingerprint density at radius 3 is 2.96 bits per heavy atom. The number of carbonyl (C=O) groups is 1. The van der Waals surface area contributed by atoms with Gasteiger partial charge in [0.1, 0.15) is 0 Å². The molecule has 0 aliphatic carbocycles. The van der Waals surface area contributed by atoms with Crippen LogP contribution in [-0.4, -0.2) is 29.1 Å². The van der Waals surface area contributed by atoms with E-state index in [1.54, 1.807) is 6.20 Å². The Balaban J connectivity index is 1.88. The molecule has 0 spiro atoms. The zero-order valence-corrected chi connectivity index (χ0v) is 12.8. The first-order chi connectivity index (χ1) is 11.3. The van der Waals surface area contributed by atoms with E-state index < -0.39 is 0 Å². The highest BCUT2D eigenvalue weighted by atomic mass is 16.5. The molecule has 1 aliphatic heterocycles. The van der Waals surface area contributed by atoms with E-state index in [4.69, 9.17) is 4.74 Å². The van der Waals surface area contributed by atoms with Crippen molar-refractivity contribution in [2.75, 3.05) is 7.11 Å². The van der Waals surface area contributed by atoms with Gasteiger partial charge in [-0.1, -0.05) is 18.2 Å². The van der Waals surface area contributed by atoms with Crippen LogP contribution in [0, 0.1) is 0 Å². The third-order valence-electron chi connectivity index (χ3n) is 4.55. The van der Waals surface area contributed by atoms with E-state index in [2.05, 4.69) is 27.4 Å². The fourth-order valence-electron chi connectivity index (χ4n) is 3.47. The van der Waals surface area contributed by atoms with Crippen LogP contribution < -0.4 is 5.32 Å². The molecule has 0 bridgehead atoms. The van der Waals surface area contributed by atoms with E-state index in [1.165, 1.54) is 18.1 Å². The highest BCUT2D eigenvalue weighted by Crippen LogP contribution is 2.31. The van der Waals surface area contributed by atoms with Crippen molar-refractivity contribution >= 4 is 16.9 Å². The lowest BCUT2D eigenvalue weighted by Crippen LogP contribution is -2.94. The number of nitrogens with one attached hydrogen (secondary N) is 1. The van der Waals surface area contributed by atoms with Gasteiger partial charge in [0.2, 0.25) is 0 Å². The lowest BCUT2D eigenvalue weighted by molar-refractivity contribution is -0.712. The number of pyridine rings is 1. The van der Waals surface area contributed by atoms with Crippen LogP contribution in [0.4, 0.5) is 0 Å². The monoisotopic (exact) mass is 308 g/mol. The van der Waals surface area contributed by atoms with Gasteiger partial charge < -0.3 is 15.0 Å². The third-order valence-corrected chi connectivity index (χ3v) is 4.55. The lowest BCUT2D eigenvalue weighted by Gasteiger charge is -2.26. The van der Waals surface area contributed by atoms with Crippen LogP contribution >= 0.6 is 0 Å². The Bertz CT molecular complexity index is 857. The van der Waals surface area contributed by atoms with Crippen LogP contribution in [0.5, 0.6) is 0 Å². The van der Waals surface area contributed by atoms with E-state index in [1.807, 2.05) is 30.5 Å². The number of H-pyrrole nitrogens is 1. The van der Waals surface area contributed by atoms with E-state index in [0.29, 0.717) is 6.42 Å². The molecule has 1 aromatic carbocycles. The topological polar surface area (TPSA) is 71.6 Å². The summed E-state index contributed by atoms with van der Waals surface area (Å²) >= 11 is 0. The number of quaternary nitrogens is 1. The van der Waals surface area contributed by atoms with Crippen molar-refractivity contribution in [3.8, 4) is 0 Å². The number of nitrogens with zero attached hydrogens (tertiary/aromatic N) is 1. The number of ether oxygens (including phenoxy) is 1. The summed E-state index contributed by atoms with van der Waals surface area (Å²) in [7, 11) is 1.44. The quantitative estimate of drug-likeness (QED) is 0.701. The van der Waals surface area contributed by atoms with Gasteiger partial charge in [0.25, 0.3) is 0 Å². The lowest BCUT2D eigenvalue weighted by atomic mass is 9.91. The first kappa shape index (κ1) is 14.0. The maximum Gasteiger partial charge on any atom is 0.364 e. The van der Waals surface area contributed by atoms with Gasteiger partial charge in [0.05, 0.1) is 12.8 Å². The van der Waals surface area contributed by atoms with Gasteiger partial charge in [-0.2, -0.15) is 0 Å². The van der Waals surface area contributed by atoms with Crippen molar-refractivity contribution in [2.24, 2.45) is 0 Å². The number of aromatic nitrogens is 2. The fraction of sp³-hybridized carbons (Fsp3) is 0.222. The summed E-state index contributed by atoms with van der Waals surface area (Å²) in [6.07, 6.45) is 4.29. The summed E-state index contributed by atoms with van der Waals surface area (Å²) in [5, 5.41) is 3.25. The highest BCUT2D eigenvalue weighted by molar-refractivity contribution is 5.86. The number of fused-ring (bicyclic) bond motifs is 3. The molecule has 23 heavy (non-hydrogen) atoms. The van der Waals surface area contributed by atoms with Crippen molar-refractivity contribution in [3.05, 3.63) is 65.6 Å². The maximum absolute atomic E-state index is 12.1. The van der Waals surface area contributed by atoms with Gasteiger partial charge in [0.15, 0.2) is 12.1 Å². The Kier molecular flexibility index (Phi) is 3.35. The van der Waals surface area contributed by atoms with Crippen LogP contribution in [0.1, 0.15) is 22.9 Å². The summed E-state index contributed by atoms with van der Waals surface area (Å²) in [4.78, 5) is 19.9. The van der Waals surface area contributed by atoms with Crippen LogP contribution in [0.2, 0.25) is 0 Å². The smallest absolute Gasteiger partial charge is 0.364 e. The van der Waals surface area contributed by atoms with Crippen LogP contribution in [0.3, 0.4) is 0 Å². The van der Waals surface area contributed by atoms with Gasteiger partial charge in [0, 0.05) is 35.3 Å². The van der Waals surface area contributed by atoms with Crippen LogP contribution in [-0.2, 0) is 16.0 Å². The van der Waals surface area contributed by atoms with Crippen LogP contribution in [0.25, 0.3) is 10.9 Å². The Hall–Kier alpha value is -2.66. The number of nitrogens with two attached hydrogens (primary N) is 1. The molecular formula is C18H18N3O2+. The minimum Gasteiger partial charge on any atom is -0.465 e. The molecule has 2 aromatic heterocycles. The Morgan fingerprint density at radius 2 is 2.17 bits per heavy atom. The van der Waals surface area contributed by atoms with Crippen molar-refractivity contribution in [1.82, 2.24) is 9.97 Å². The minimum atomic E-state index is -0.239. The summed E-state index contributed by atoms with van der Waals surface area (Å²) in [5.41, 5.74) is 4.53. The number of methoxy groups -OCH3 is 1. The van der Waals surface area contributed by atoms with Crippen molar-refractivity contribution in [3.63, 3.8) is 0 Å². The predicted octanol–water partition coefficient (Wildman–Crippen LogP) is 1.31. The molecule has 0 saturated heterocycles. The molecule has 2 atom stereocenters. The zero-order valence-electron chi connectivity index (χ0n) is 12.8. The van der Waals surface area contributed by atoms with Gasteiger partial charge in [-0.05, 0) is 23.8 Å². The minimum absolute atomic E-state index is 0.0175. The second-order valence-electron chi connectivity index (χ2n) is 5.85. The highest BCUT2D eigenvalue weighted by Gasteiger charge is 2.38. The van der Waals surface area contributed by atoms with Crippen LogP contribution in [0.15, 0.2) is 48.8 Å². The van der Waals surface area contributed by atoms with Crippen molar-refractivity contribution in [1.29, 1.82) is 0 Å². The van der Waals surface area contributed by atoms with E-state index in [-0.39, 0.29) is 18.1 Å². The van der Waals surface area contributed by atoms with Gasteiger partial charge >= 0.3 is 5.97 Å². The van der Waals surface area contributed by atoms with Gasteiger partial charge in [-0.25, -0.2) is 4.79 Å². The molecule has 5 heteroatoms. The molecule has 0 saturated carbocycles. The third kappa shape index (κ3) is 2.29. The SMILES string of the molecule is COC(=O)[C@@H]1Cc2c([nH]c3ccccc23)[C@@H](c2cccnc2)[NH2+]1. The molecule has 0 amide bonds. The number of aromatic amines is 1. The average Bonchev–Trinajstić information content (AvgIpc) is 2.99. The number of hydrogen-bond acceptors (Lipinski definition) is 3. The number of esters is 1. The predicted molar refractivity (Wildman–Crippen MR) is 85.8 cm³/mol. The number of hydrogen-bond donors (Lipinski definition) is 2. The largest absolute Gasteiger partial charge is 0.465 e. The molecule has 3 heterocycles. The summed E-state index contributed by atoms with van der Waals surface area (Å²) in [6, 6.07) is 12.0. The molecule has 0 radical (unpaired) electrons.